The number of hydrogen-bond donors (Lipinski definition) is 2. The van der Waals surface area contributed by atoms with Crippen molar-refractivity contribution in [1.29, 1.82) is 0 Å². The van der Waals surface area contributed by atoms with Gasteiger partial charge in [-0.2, -0.15) is 0 Å². The highest BCUT2D eigenvalue weighted by Crippen LogP contribution is 2.41. The van der Waals surface area contributed by atoms with E-state index in [9.17, 15) is 0 Å². The third kappa shape index (κ3) is 2.76. The van der Waals surface area contributed by atoms with Crippen LogP contribution in [0.4, 0.5) is 0 Å². The summed E-state index contributed by atoms with van der Waals surface area (Å²) in [5.74, 6) is 0.772. The predicted octanol–water partition coefficient (Wildman–Crippen LogP) is 2.66. The molecule has 0 heterocycles. The maximum Gasteiger partial charge on any atom is 0.0145 e. The van der Waals surface area contributed by atoms with Gasteiger partial charge >= 0.3 is 0 Å². The molecule has 0 spiro atoms. The van der Waals surface area contributed by atoms with Crippen LogP contribution in [-0.2, 0) is 0 Å². The fourth-order valence-corrected chi connectivity index (χ4v) is 3.30. The molecule has 2 aliphatic carbocycles. The molecule has 98 valence electrons. The highest BCUT2D eigenvalue weighted by atomic mass is 15.0. The third-order valence-electron chi connectivity index (χ3n) is 4.60. The molecule has 2 saturated carbocycles. The van der Waals surface area contributed by atoms with Gasteiger partial charge in [0.2, 0.25) is 0 Å². The standard InChI is InChI=1S/C16H24N2/c1-17-13-7-9-14(10-8-13)18-16-11-15(16)12-5-3-2-4-6-12/h2-6,13-18H,7-11H2,1H3/t13-,14-,15?,16?. The maximum atomic E-state index is 3.86. The van der Waals surface area contributed by atoms with Crippen molar-refractivity contribution in [1.82, 2.24) is 10.6 Å². The number of hydrogen-bond acceptors (Lipinski definition) is 2. The maximum absolute atomic E-state index is 3.86. The van der Waals surface area contributed by atoms with Gasteiger partial charge in [-0.1, -0.05) is 30.3 Å². The van der Waals surface area contributed by atoms with E-state index in [0.717, 1.165) is 24.0 Å². The van der Waals surface area contributed by atoms with Crippen LogP contribution >= 0.6 is 0 Å². The van der Waals surface area contributed by atoms with Crippen LogP contribution in [0.3, 0.4) is 0 Å². The first-order valence-corrected chi connectivity index (χ1v) is 7.35. The molecular weight excluding hydrogens is 220 g/mol. The Kier molecular flexibility index (Phi) is 3.67. The van der Waals surface area contributed by atoms with Crippen molar-refractivity contribution in [2.45, 2.75) is 56.1 Å². The Morgan fingerprint density at radius 1 is 0.944 bits per heavy atom. The van der Waals surface area contributed by atoms with E-state index in [4.69, 9.17) is 0 Å². The monoisotopic (exact) mass is 244 g/mol. The third-order valence-corrected chi connectivity index (χ3v) is 4.60. The summed E-state index contributed by atoms with van der Waals surface area (Å²) in [6.07, 6.45) is 6.66. The lowest BCUT2D eigenvalue weighted by atomic mass is 9.91. The van der Waals surface area contributed by atoms with Crippen LogP contribution in [-0.4, -0.2) is 25.2 Å². The van der Waals surface area contributed by atoms with Crippen molar-refractivity contribution >= 4 is 0 Å². The average molecular weight is 244 g/mol. The van der Waals surface area contributed by atoms with E-state index < -0.39 is 0 Å². The van der Waals surface area contributed by atoms with Gasteiger partial charge in [0.05, 0.1) is 0 Å². The highest BCUT2D eigenvalue weighted by Gasteiger charge is 2.39. The Morgan fingerprint density at radius 3 is 2.28 bits per heavy atom. The van der Waals surface area contributed by atoms with Gasteiger partial charge in [0, 0.05) is 24.0 Å². The largest absolute Gasteiger partial charge is 0.317 e. The van der Waals surface area contributed by atoms with E-state index >= 15 is 0 Å². The molecule has 1 aromatic rings. The summed E-state index contributed by atoms with van der Waals surface area (Å²) in [6.45, 7) is 0. The van der Waals surface area contributed by atoms with Crippen molar-refractivity contribution < 1.29 is 0 Å². The molecule has 0 bridgehead atoms. The molecule has 2 unspecified atom stereocenters. The van der Waals surface area contributed by atoms with E-state index in [0.29, 0.717) is 0 Å². The highest BCUT2D eigenvalue weighted by molar-refractivity contribution is 5.27. The molecule has 0 amide bonds. The second-order valence-corrected chi connectivity index (χ2v) is 5.86. The van der Waals surface area contributed by atoms with Gasteiger partial charge < -0.3 is 10.6 Å². The lowest BCUT2D eigenvalue weighted by molar-refractivity contribution is 0.315. The van der Waals surface area contributed by atoms with E-state index in [1.807, 2.05) is 0 Å². The SMILES string of the molecule is CN[C@H]1CC[C@H](NC2CC2c2ccccc2)CC1. The molecule has 2 fully saturated rings. The second kappa shape index (κ2) is 5.41. The summed E-state index contributed by atoms with van der Waals surface area (Å²) >= 11 is 0. The molecular formula is C16H24N2. The van der Waals surface area contributed by atoms with E-state index in [2.05, 4.69) is 48.0 Å². The summed E-state index contributed by atoms with van der Waals surface area (Å²) in [5, 5.41) is 7.26. The zero-order valence-electron chi connectivity index (χ0n) is 11.2. The molecule has 2 nitrogen and oxygen atoms in total. The van der Waals surface area contributed by atoms with Crippen molar-refractivity contribution in [3.05, 3.63) is 35.9 Å². The zero-order valence-corrected chi connectivity index (χ0v) is 11.2. The molecule has 18 heavy (non-hydrogen) atoms. The molecule has 2 heteroatoms. The Hall–Kier alpha value is -0.860. The summed E-state index contributed by atoms with van der Waals surface area (Å²) in [5.41, 5.74) is 1.51. The van der Waals surface area contributed by atoms with Gasteiger partial charge in [0.15, 0.2) is 0 Å². The van der Waals surface area contributed by atoms with Crippen LogP contribution in [0.25, 0.3) is 0 Å². The van der Waals surface area contributed by atoms with Crippen molar-refractivity contribution in [3.8, 4) is 0 Å². The minimum absolute atomic E-state index is 0.739. The van der Waals surface area contributed by atoms with Crippen LogP contribution in [0.5, 0.6) is 0 Å². The van der Waals surface area contributed by atoms with E-state index in [1.165, 1.54) is 37.7 Å². The van der Waals surface area contributed by atoms with Crippen LogP contribution in [0.15, 0.2) is 30.3 Å². The molecule has 0 aliphatic heterocycles. The summed E-state index contributed by atoms with van der Waals surface area (Å²) in [4.78, 5) is 0. The predicted molar refractivity (Wildman–Crippen MR) is 75.8 cm³/mol. The fraction of sp³-hybridized carbons (Fsp3) is 0.625. The fourth-order valence-electron chi connectivity index (χ4n) is 3.30. The Bertz CT molecular complexity index is 368. The second-order valence-electron chi connectivity index (χ2n) is 5.86. The number of benzene rings is 1. The van der Waals surface area contributed by atoms with Gasteiger partial charge in [-0.25, -0.2) is 0 Å². The normalized spacial score (nSPS) is 35.4. The van der Waals surface area contributed by atoms with Crippen molar-refractivity contribution in [2.24, 2.45) is 0 Å². The van der Waals surface area contributed by atoms with Gasteiger partial charge in [0.25, 0.3) is 0 Å². The zero-order chi connectivity index (χ0) is 12.4. The average Bonchev–Trinajstić information content (AvgIpc) is 3.20. The Labute approximate surface area is 110 Å². The molecule has 0 radical (unpaired) electrons. The Morgan fingerprint density at radius 2 is 1.61 bits per heavy atom. The van der Waals surface area contributed by atoms with Crippen LogP contribution in [0, 0.1) is 0 Å². The van der Waals surface area contributed by atoms with Gasteiger partial charge in [-0.15, -0.1) is 0 Å². The molecule has 0 aromatic heterocycles. The molecule has 0 saturated heterocycles. The van der Waals surface area contributed by atoms with Crippen LogP contribution in [0.1, 0.15) is 43.6 Å². The van der Waals surface area contributed by atoms with E-state index in [-0.39, 0.29) is 0 Å². The number of nitrogens with one attached hydrogen (secondary N) is 2. The van der Waals surface area contributed by atoms with Crippen LogP contribution < -0.4 is 10.6 Å². The van der Waals surface area contributed by atoms with Crippen molar-refractivity contribution in [2.75, 3.05) is 7.05 Å². The van der Waals surface area contributed by atoms with Crippen molar-refractivity contribution in [3.63, 3.8) is 0 Å². The van der Waals surface area contributed by atoms with Gasteiger partial charge in [-0.05, 0) is 44.7 Å². The van der Waals surface area contributed by atoms with Crippen LogP contribution in [0.2, 0.25) is 0 Å². The Balaban J connectivity index is 1.46. The first-order chi connectivity index (χ1) is 8.86. The minimum Gasteiger partial charge on any atom is -0.317 e. The molecule has 2 N–H and O–H groups in total. The van der Waals surface area contributed by atoms with Gasteiger partial charge in [0.1, 0.15) is 0 Å². The van der Waals surface area contributed by atoms with Gasteiger partial charge in [-0.3, -0.25) is 0 Å². The summed E-state index contributed by atoms with van der Waals surface area (Å²) < 4.78 is 0. The lowest BCUT2D eigenvalue weighted by Gasteiger charge is -2.29. The topological polar surface area (TPSA) is 24.1 Å². The lowest BCUT2D eigenvalue weighted by Crippen LogP contribution is -2.39. The molecule has 2 atom stereocenters. The molecule has 3 rings (SSSR count). The smallest absolute Gasteiger partial charge is 0.0145 e. The quantitative estimate of drug-likeness (QED) is 0.851. The molecule has 2 aliphatic rings. The summed E-state index contributed by atoms with van der Waals surface area (Å²) in [7, 11) is 2.09. The summed E-state index contributed by atoms with van der Waals surface area (Å²) in [6, 6.07) is 13.2. The minimum atomic E-state index is 0.739. The number of rotatable bonds is 4. The van der Waals surface area contributed by atoms with E-state index in [1.54, 1.807) is 0 Å². The first kappa shape index (κ1) is 12.2. The molecule has 1 aromatic carbocycles. The first-order valence-electron chi connectivity index (χ1n) is 7.35.